The van der Waals surface area contributed by atoms with Crippen LogP contribution in [0, 0.1) is 0 Å². The standard InChI is InChI=1S/C18H26ClNO/c1-14-12-20(17-5-3-2-4-6-17)18(13-21-14)11-15-7-9-16(19)10-8-15/h7-10,14,17-18H,2-6,11-13H2,1H3/t14-,18-/m0/s1. The Hall–Kier alpha value is -0.570. The van der Waals surface area contributed by atoms with Gasteiger partial charge in [0.25, 0.3) is 0 Å². The monoisotopic (exact) mass is 307 g/mol. The smallest absolute Gasteiger partial charge is 0.0674 e. The Morgan fingerprint density at radius 1 is 1.14 bits per heavy atom. The number of halogens is 1. The predicted molar refractivity (Wildman–Crippen MR) is 87.9 cm³/mol. The third-order valence-electron chi connectivity index (χ3n) is 4.94. The van der Waals surface area contributed by atoms with Crippen LogP contribution < -0.4 is 0 Å². The van der Waals surface area contributed by atoms with Crippen LogP contribution in [0.2, 0.25) is 5.02 Å². The van der Waals surface area contributed by atoms with Gasteiger partial charge in [0.15, 0.2) is 0 Å². The van der Waals surface area contributed by atoms with Crippen LogP contribution in [-0.4, -0.2) is 36.2 Å². The highest BCUT2D eigenvalue weighted by Gasteiger charge is 2.32. The quantitative estimate of drug-likeness (QED) is 0.825. The second-order valence-corrected chi connectivity index (χ2v) is 7.05. The Morgan fingerprint density at radius 2 is 1.86 bits per heavy atom. The summed E-state index contributed by atoms with van der Waals surface area (Å²) in [6.45, 7) is 4.15. The van der Waals surface area contributed by atoms with E-state index in [-0.39, 0.29) is 0 Å². The van der Waals surface area contributed by atoms with E-state index in [4.69, 9.17) is 16.3 Å². The zero-order valence-electron chi connectivity index (χ0n) is 12.9. The molecular formula is C18H26ClNO. The number of hydrogen-bond donors (Lipinski definition) is 0. The van der Waals surface area contributed by atoms with Crippen molar-refractivity contribution in [1.82, 2.24) is 4.90 Å². The molecule has 2 aliphatic rings. The Morgan fingerprint density at radius 3 is 2.57 bits per heavy atom. The molecule has 1 aliphatic carbocycles. The lowest BCUT2D eigenvalue weighted by Crippen LogP contribution is -2.54. The minimum atomic E-state index is 0.369. The summed E-state index contributed by atoms with van der Waals surface area (Å²) >= 11 is 5.99. The van der Waals surface area contributed by atoms with E-state index in [1.807, 2.05) is 12.1 Å². The fraction of sp³-hybridized carbons (Fsp3) is 0.667. The van der Waals surface area contributed by atoms with Gasteiger partial charge in [-0.1, -0.05) is 43.0 Å². The maximum Gasteiger partial charge on any atom is 0.0674 e. The topological polar surface area (TPSA) is 12.5 Å². The number of benzene rings is 1. The molecule has 116 valence electrons. The van der Waals surface area contributed by atoms with Gasteiger partial charge in [-0.25, -0.2) is 0 Å². The third-order valence-corrected chi connectivity index (χ3v) is 5.19. The van der Waals surface area contributed by atoms with Crippen molar-refractivity contribution in [1.29, 1.82) is 0 Å². The summed E-state index contributed by atoms with van der Waals surface area (Å²) in [5.74, 6) is 0. The first-order chi connectivity index (χ1) is 10.2. The zero-order valence-corrected chi connectivity index (χ0v) is 13.7. The van der Waals surface area contributed by atoms with Crippen LogP contribution in [0.25, 0.3) is 0 Å². The summed E-state index contributed by atoms with van der Waals surface area (Å²) in [4.78, 5) is 2.74. The average Bonchev–Trinajstić information content (AvgIpc) is 2.52. The molecule has 0 aromatic heterocycles. The van der Waals surface area contributed by atoms with E-state index in [9.17, 15) is 0 Å². The Balaban J connectivity index is 1.69. The lowest BCUT2D eigenvalue weighted by molar-refractivity contribution is -0.0762. The van der Waals surface area contributed by atoms with Crippen molar-refractivity contribution in [2.45, 2.75) is 63.6 Å². The summed E-state index contributed by atoms with van der Waals surface area (Å²) in [6, 6.07) is 9.58. The number of hydrogen-bond acceptors (Lipinski definition) is 2. The second kappa shape index (κ2) is 7.13. The molecule has 2 fully saturated rings. The molecule has 0 unspecified atom stereocenters. The van der Waals surface area contributed by atoms with Gasteiger partial charge in [-0.15, -0.1) is 0 Å². The van der Waals surface area contributed by atoms with Gasteiger partial charge in [-0.2, -0.15) is 0 Å². The van der Waals surface area contributed by atoms with Crippen molar-refractivity contribution in [2.24, 2.45) is 0 Å². The van der Waals surface area contributed by atoms with Gasteiger partial charge in [0.2, 0.25) is 0 Å². The van der Waals surface area contributed by atoms with E-state index in [1.165, 1.54) is 37.7 Å². The summed E-state index contributed by atoms with van der Waals surface area (Å²) in [5, 5.41) is 0.816. The molecule has 1 aliphatic heterocycles. The molecule has 1 saturated heterocycles. The molecule has 0 bridgehead atoms. The summed E-state index contributed by atoms with van der Waals surface area (Å²) in [6.07, 6.45) is 8.37. The van der Waals surface area contributed by atoms with Gasteiger partial charge in [-0.3, -0.25) is 4.90 Å². The molecule has 0 amide bonds. The molecule has 2 nitrogen and oxygen atoms in total. The molecule has 1 aromatic rings. The first-order valence-electron chi connectivity index (χ1n) is 8.34. The van der Waals surface area contributed by atoms with Crippen LogP contribution in [0.4, 0.5) is 0 Å². The van der Waals surface area contributed by atoms with E-state index in [1.54, 1.807) is 0 Å². The highest BCUT2D eigenvalue weighted by Crippen LogP contribution is 2.28. The summed E-state index contributed by atoms with van der Waals surface area (Å²) < 4.78 is 5.94. The molecule has 1 aromatic carbocycles. The van der Waals surface area contributed by atoms with Gasteiger partial charge >= 0.3 is 0 Å². The largest absolute Gasteiger partial charge is 0.376 e. The minimum Gasteiger partial charge on any atom is -0.376 e. The number of rotatable bonds is 3. The fourth-order valence-corrected chi connectivity index (χ4v) is 3.92. The molecule has 1 saturated carbocycles. The van der Waals surface area contributed by atoms with E-state index >= 15 is 0 Å². The molecule has 1 heterocycles. The van der Waals surface area contributed by atoms with Crippen LogP contribution in [-0.2, 0) is 11.2 Å². The van der Waals surface area contributed by atoms with Gasteiger partial charge in [0.05, 0.1) is 12.7 Å². The first kappa shape index (κ1) is 15.3. The molecule has 21 heavy (non-hydrogen) atoms. The van der Waals surface area contributed by atoms with Crippen LogP contribution >= 0.6 is 11.6 Å². The normalized spacial score (nSPS) is 28.7. The molecule has 3 rings (SSSR count). The number of ether oxygens (including phenoxy) is 1. The second-order valence-electron chi connectivity index (χ2n) is 6.62. The Labute approximate surface area is 133 Å². The maximum atomic E-state index is 5.99. The van der Waals surface area contributed by atoms with Crippen molar-refractivity contribution < 1.29 is 4.74 Å². The first-order valence-corrected chi connectivity index (χ1v) is 8.72. The molecule has 0 spiro atoms. The van der Waals surface area contributed by atoms with Gasteiger partial charge < -0.3 is 4.74 Å². The lowest BCUT2D eigenvalue weighted by Gasteiger charge is -2.44. The van der Waals surface area contributed by atoms with E-state index in [2.05, 4.69) is 24.0 Å². The fourth-order valence-electron chi connectivity index (χ4n) is 3.80. The molecular weight excluding hydrogens is 282 g/mol. The minimum absolute atomic E-state index is 0.369. The molecule has 0 radical (unpaired) electrons. The summed E-state index contributed by atoms with van der Waals surface area (Å²) in [7, 11) is 0. The molecule has 2 atom stereocenters. The van der Waals surface area contributed by atoms with Crippen molar-refractivity contribution in [2.75, 3.05) is 13.2 Å². The highest BCUT2D eigenvalue weighted by molar-refractivity contribution is 6.30. The van der Waals surface area contributed by atoms with Gasteiger partial charge in [0, 0.05) is 23.7 Å². The van der Waals surface area contributed by atoms with Crippen molar-refractivity contribution in [3.8, 4) is 0 Å². The molecule has 0 N–H and O–H groups in total. The zero-order chi connectivity index (χ0) is 14.7. The van der Waals surface area contributed by atoms with Crippen molar-refractivity contribution in [3.05, 3.63) is 34.9 Å². The van der Waals surface area contributed by atoms with E-state index in [0.29, 0.717) is 12.1 Å². The van der Waals surface area contributed by atoms with Crippen molar-refractivity contribution >= 4 is 11.6 Å². The van der Waals surface area contributed by atoms with Crippen molar-refractivity contribution in [3.63, 3.8) is 0 Å². The Bertz CT molecular complexity index is 441. The van der Waals surface area contributed by atoms with Crippen LogP contribution in [0.15, 0.2) is 24.3 Å². The lowest BCUT2D eigenvalue weighted by atomic mass is 9.91. The van der Waals surface area contributed by atoms with E-state index < -0.39 is 0 Å². The summed E-state index contributed by atoms with van der Waals surface area (Å²) in [5.41, 5.74) is 1.36. The van der Waals surface area contributed by atoms with Gasteiger partial charge in [0.1, 0.15) is 0 Å². The number of morpholine rings is 1. The third kappa shape index (κ3) is 4.00. The maximum absolute atomic E-state index is 5.99. The molecule has 3 heteroatoms. The van der Waals surface area contributed by atoms with Crippen LogP contribution in [0.5, 0.6) is 0 Å². The average molecular weight is 308 g/mol. The van der Waals surface area contributed by atoms with Crippen LogP contribution in [0.1, 0.15) is 44.6 Å². The number of nitrogens with zero attached hydrogens (tertiary/aromatic N) is 1. The predicted octanol–water partition coefficient (Wildman–Crippen LogP) is 4.30. The highest BCUT2D eigenvalue weighted by atomic mass is 35.5. The Kier molecular flexibility index (Phi) is 5.20. The van der Waals surface area contributed by atoms with E-state index in [0.717, 1.165) is 30.6 Å². The SMILES string of the molecule is C[C@H]1CN(C2CCCCC2)[C@@H](Cc2ccc(Cl)cc2)CO1. The van der Waals surface area contributed by atoms with Crippen LogP contribution in [0.3, 0.4) is 0 Å². The van der Waals surface area contributed by atoms with Gasteiger partial charge in [-0.05, 0) is 43.9 Å².